The molecule has 1 N–H and O–H groups in total. The Morgan fingerprint density at radius 3 is 2.31 bits per heavy atom. The van der Waals surface area contributed by atoms with Gasteiger partial charge < -0.3 is 23.9 Å². The molecule has 0 unspecified atom stereocenters. The number of hydrogen-bond acceptors (Lipinski definition) is 10. The number of nitrogens with zero attached hydrogens (tertiary/aromatic N) is 5. The summed E-state index contributed by atoms with van der Waals surface area (Å²) in [5.74, 6) is -1.17. The minimum absolute atomic E-state index is 0.0181. The number of benzene rings is 2. The van der Waals surface area contributed by atoms with Crippen LogP contribution in [0.25, 0.3) is 11.0 Å². The lowest BCUT2D eigenvalue weighted by Crippen LogP contribution is -2.54. The number of ether oxygens (including phenoxy) is 3. The van der Waals surface area contributed by atoms with E-state index in [2.05, 4.69) is 36.8 Å². The molecule has 7 rings (SSSR count). The van der Waals surface area contributed by atoms with E-state index >= 15 is 0 Å². The van der Waals surface area contributed by atoms with Crippen molar-refractivity contribution in [2.45, 2.75) is 51.7 Å². The molecule has 0 spiro atoms. The van der Waals surface area contributed by atoms with Gasteiger partial charge in [0, 0.05) is 48.5 Å². The molecule has 14 nitrogen and oxygen atoms in total. The van der Waals surface area contributed by atoms with E-state index in [4.69, 9.17) is 14.2 Å². The third-order valence-electron chi connectivity index (χ3n) is 10.9. The van der Waals surface area contributed by atoms with Gasteiger partial charge in [0.25, 0.3) is 5.56 Å². The molecule has 3 aliphatic rings. The highest BCUT2D eigenvalue weighted by molar-refractivity contribution is 9.13. The maximum Gasteiger partial charge on any atom is 0.347 e. The highest BCUT2D eigenvalue weighted by Gasteiger charge is 2.60. The lowest BCUT2D eigenvalue weighted by Gasteiger charge is -2.52. The molecule has 2 aromatic carbocycles. The highest BCUT2D eigenvalue weighted by atomic mass is 79.9. The first-order valence-electron chi connectivity index (χ1n) is 16.4. The number of fused-ring (bicyclic) bond motifs is 5. The topological polar surface area (TPSA) is 166 Å². The van der Waals surface area contributed by atoms with Gasteiger partial charge in [0.15, 0.2) is 34.6 Å². The Kier molecular flexibility index (Phi) is 8.76. The van der Waals surface area contributed by atoms with Crippen LogP contribution in [0.5, 0.6) is 23.0 Å². The highest BCUT2D eigenvalue weighted by Crippen LogP contribution is 2.62. The summed E-state index contributed by atoms with van der Waals surface area (Å²) in [6.07, 6.45) is 3.28. The van der Waals surface area contributed by atoms with Crippen LogP contribution in [0.4, 0.5) is 0 Å². The Bertz CT molecular complexity index is 2490. The largest absolute Gasteiger partial charge is 0.503 e. The first kappa shape index (κ1) is 35.7. The number of aromatic nitrogens is 5. The minimum Gasteiger partial charge on any atom is -0.503 e. The van der Waals surface area contributed by atoms with Crippen molar-refractivity contribution in [2.75, 3.05) is 21.3 Å². The summed E-state index contributed by atoms with van der Waals surface area (Å²) in [7, 11) is 6.01. The van der Waals surface area contributed by atoms with Gasteiger partial charge in [-0.3, -0.25) is 14.4 Å². The zero-order valence-electron chi connectivity index (χ0n) is 29.2. The van der Waals surface area contributed by atoms with E-state index in [1.165, 1.54) is 41.3 Å². The third kappa shape index (κ3) is 5.00. The van der Waals surface area contributed by atoms with E-state index in [1.807, 2.05) is 6.08 Å². The molecule has 272 valence electrons. The molecule has 1 fully saturated rings. The number of aryl methyl sites for hydroxylation is 2. The zero-order valence-corrected chi connectivity index (χ0v) is 32.3. The van der Waals surface area contributed by atoms with Crippen LogP contribution < -0.4 is 31.1 Å². The summed E-state index contributed by atoms with van der Waals surface area (Å²) in [6, 6.07) is 4.18. The van der Waals surface area contributed by atoms with Gasteiger partial charge in [0.1, 0.15) is 5.69 Å². The minimum atomic E-state index is -1.26. The number of hydrogen-bond donors (Lipinski definition) is 1. The van der Waals surface area contributed by atoms with Gasteiger partial charge in [-0.2, -0.15) is 0 Å². The molecular weight excluding hydrogens is 806 g/mol. The molecule has 4 aromatic rings. The van der Waals surface area contributed by atoms with E-state index in [1.54, 1.807) is 39.1 Å². The molecule has 4 atom stereocenters. The number of allylic oxidation sites excluding steroid dienone is 4. The zero-order chi connectivity index (χ0) is 37.5. The summed E-state index contributed by atoms with van der Waals surface area (Å²) in [5.41, 5.74) is -0.115. The molecule has 2 aromatic heterocycles. The molecule has 16 heteroatoms. The van der Waals surface area contributed by atoms with Crippen molar-refractivity contribution < 1.29 is 28.9 Å². The van der Waals surface area contributed by atoms with Crippen LogP contribution in [-0.2, 0) is 36.1 Å². The standard InChI is InChI=1S/C36H35Br2N5O9/c1-16-11-24(44)19-13-22-17(28(36(19,2)32(16)46)18-12-27(52-6)31(45)30(38)29(18)37)7-10-42-34(48)41(35(49)43(22)42)9-8-20-33(47)40(3)23-15-26(51-5)25(50-4)14-21(23)39-20/h7,11-12,14-15,19,22,28,45H,8-10,13H2,1-6H3/t19-,22+,28+,36+/m0/s1. The van der Waals surface area contributed by atoms with Crippen molar-refractivity contribution in [3.8, 4) is 23.0 Å². The normalized spacial score (nSPS) is 22.3. The van der Waals surface area contributed by atoms with Crippen molar-refractivity contribution in [3.05, 3.63) is 93.0 Å². The molecule has 0 saturated heterocycles. The van der Waals surface area contributed by atoms with Crippen molar-refractivity contribution in [3.63, 3.8) is 0 Å². The molecule has 3 heterocycles. The fourth-order valence-electron chi connectivity index (χ4n) is 8.31. The van der Waals surface area contributed by atoms with Gasteiger partial charge in [-0.05, 0) is 74.1 Å². The molecule has 0 amide bonds. The first-order valence-corrected chi connectivity index (χ1v) is 18.0. The van der Waals surface area contributed by atoms with Crippen LogP contribution in [0.3, 0.4) is 0 Å². The second kappa shape index (κ2) is 12.8. The van der Waals surface area contributed by atoms with Crippen LogP contribution in [-0.4, -0.2) is 61.5 Å². The number of carbonyl (C=O) groups is 2. The Morgan fingerprint density at radius 2 is 1.63 bits per heavy atom. The van der Waals surface area contributed by atoms with E-state index in [0.717, 1.165) is 4.57 Å². The Hall–Kier alpha value is -4.70. The number of phenols is 1. The van der Waals surface area contributed by atoms with Gasteiger partial charge in [-0.15, -0.1) is 0 Å². The number of methoxy groups -OCH3 is 3. The third-order valence-corrected chi connectivity index (χ3v) is 13.1. The van der Waals surface area contributed by atoms with Crippen molar-refractivity contribution in [1.82, 2.24) is 23.5 Å². The van der Waals surface area contributed by atoms with Gasteiger partial charge in [0.2, 0.25) is 0 Å². The summed E-state index contributed by atoms with van der Waals surface area (Å²) < 4.78 is 22.2. The van der Waals surface area contributed by atoms with Gasteiger partial charge in [0.05, 0.1) is 54.8 Å². The number of halogens is 2. The van der Waals surface area contributed by atoms with Crippen LogP contribution in [0.15, 0.2) is 64.8 Å². The quantitative estimate of drug-likeness (QED) is 0.270. The Labute approximate surface area is 313 Å². The number of Topliss-reactive ketones (excluding diaryl/α,β-unsaturated/α-hetero) is 1. The second-order valence-electron chi connectivity index (χ2n) is 13.4. The van der Waals surface area contributed by atoms with Crippen LogP contribution in [0.2, 0.25) is 0 Å². The fraction of sp³-hybridized carbons (Fsp3) is 0.389. The van der Waals surface area contributed by atoms with Crippen molar-refractivity contribution in [2.24, 2.45) is 18.4 Å². The summed E-state index contributed by atoms with van der Waals surface area (Å²) >= 11 is 7.05. The number of carbonyl (C=O) groups excluding carboxylic acids is 2. The molecule has 1 saturated carbocycles. The van der Waals surface area contributed by atoms with Gasteiger partial charge in [-0.25, -0.2) is 28.5 Å². The summed E-state index contributed by atoms with van der Waals surface area (Å²) in [4.78, 5) is 74.1. The summed E-state index contributed by atoms with van der Waals surface area (Å²) in [6.45, 7) is 3.28. The predicted octanol–water partition coefficient (Wildman–Crippen LogP) is 3.95. The Morgan fingerprint density at radius 1 is 0.962 bits per heavy atom. The van der Waals surface area contributed by atoms with Gasteiger partial charge in [-0.1, -0.05) is 13.0 Å². The van der Waals surface area contributed by atoms with E-state index in [0.29, 0.717) is 48.2 Å². The smallest absolute Gasteiger partial charge is 0.347 e. The molecule has 0 bridgehead atoms. The lowest BCUT2D eigenvalue weighted by molar-refractivity contribution is -0.139. The van der Waals surface area contributed by atoms with Crippen LogP contribution in [0.1, 0.15) is 43.5 Å². The SMILES string of the molecule is COc1cc2nc(CCn3c(=O)n4n(c3=O)[C@@H]3C[C@H]5C(=O)C=C(C)C(=O)[C@@]5(C)[C@@H](c5cc(OC)c(O)c(Br)c5Br)C3=CC4)c(=O)n(C)c2cc1OC. The number of aromatic hydroxyl groups is 1. The number of rotatable bonds is 7. The van der Waals surface area contributed by atoms with Crippen LogP contribution >= 0.6 is 31.9 Å². The lowest BCUT2D eigenvalue weighted by atomic mass is 9.51. The molecule has 52 heavy (non-hydrogen) atoms. The average molecular weight is 842 g/mol. The Balaban J connectivity index is 1.33. The number of ketones is 2. The first-order chi connectivity index (χ1) is 24.7. The molecule has 2 aliphatic carbocycles. The van der Waals surface area contributed by atoms with Gasteiger partial charge >= 0.3 is 11.4 Å². The average Bonchev–Trinajstić information content (AvgIpc) is 3.38. The van der Waals surface area contributed by atoms with E-state index in [-0.39, 0.29) is 60.2 Å². The van der Waals surface area contributed by atoms with E-state index in [9.17, 15) is 29.1 Å². The summed E-state index contributed by atoms with van der Waals surface area (Å²) in [5, 5.41) is 10.8. The van der Waals surface area contributed by atoms with Crippen LogP contribution in [0, 0.1) is 11.3 Å². The molecule has 1 aliphatic heterocycles. The second-order valence-corrected chi connectivity index (χ2v) is 15.0. The predicted molar refractivity (Wildman–Crippen MR) is 197 cm³/mol. The molecule has 0 radical (unpaired) electrons. The van der Waals surface area contributed by atoms with E-state index < -0.39 is 34.7 Å². The maximum atomic E-state index is 14.3. The maximum absolute atomic E-state index is 14.3. The van der Waals surface area contributed by atoms with Crippen molar-refractivity contribution >= 4 is 54.5 Å². The number of phenolic OH excluding ortho intramolecular Hbond substituents is 1. The molecular formula is C36H35Br2N5O9. The van der Waals surface area contributed by atoms with Crippen molar-refractivity contribution in [1.29, 1.82) is 0 Å². The monoisotopic (exact) mass is 839 g/mol. The fourth-order valence-corrected chi connectivity index (χ4v) is 9.26.